The molecule has 0 radical (unpaired) electrons. The minimum absolute atomic E-state index is 0.0480. The van der Waals surface area contributed by atoms with Crippen molar-refractivity contribution in [2.75, 3.05) is 11.6 Å². The topological polar surface area (TPSA) is 72.2 Å². The molecule has 0 fully saturated rings. The monoisotopic (exact) mass is 366 g/mol. The largest absolute Gasteiger partial charge is 0.322 e. The van der Waals surface area contributed by atoms with Crippen LogP contribution in [-0.4, -0.2) is 17.1 Å². The molecule has 0 aliphatic carbocycles. The summed E-state index contributed by atoms with van der Waals surface area (Å²) in [7, 11) is 0. The first kappa shape index (κ1) is 15.5. The second-order valence-electron chi connectivity index (χ2n) is 4.10. The predicted octanol–water partition coefficient (Wildman–Crippen LogP) is 4.33. The average Bonchev–Trinajstić information content (AvgIpc) is 2.46. The van der Waals surface area contributed by atoms with E-state index in [4.69, 9.17) is 0 Å². The quantitative estimate of drug-likeness (QED) is 0.496. The van der Waals surface area contributed by atoms with Crippen molar-refractivity contribution < 1.29 is 9.72 Å². The molecule has 1 N–H and O–H groups in total. The summed E-state index contributed by atoms with van der Waals surface area (Å²) in [6.07, 6.45) is 1.84. The molecule has 108 valence electrons. The molecule has 0 unspecified atom stereocenters. The molecule has 7 heteroatoms. The smallest absolute Gasteiger partial charge is 0.282 e. The van der Waals surface area contributed by atoms with Crippen LogP contribution in [-0.2, 0) is 0 Å². The fraction of sp³-hybridized carbons (Fsp3) is 0.0714. The van der Waals surface area contributed by atoms with Crippen molar-refractivity contribution in [3.8, 4) is 0 Å². The van der Waals surface area contributed by atoms with E-state index in [0.717, 1.165) is 9.37 Å². The minimum Gasteiger partial charge on any atom is -0.322 e. The maximum absolute atomic E-state index is 12.3. The molecule has 2 aromatic carbocycles. The number of halogens is 1. The van der Waals surface area contributed by atoms with Crippen molar-refractivity contribution in [3.63, 3.8) is 0 Å². The molecule has 0 atom stereocenters. The molecule has 5 nitrogen and oxygen atoms in total. The van der Waals surface area contributed by atoms with Crippen molar-refractivity contribution in [2.45, 2.75) is 4.90 Å². The zero-order chi connectivity index (χ0) is 15.4. The number of amides is 1. The summed E-state index contributed by atoms with van der Waals surface area (Å²) in [5, 5.41) is 13.7. The second-order valence-corrected chi connectivity index (χ2v) is 5.90. The van der Waals surface area contributed by atoms with E-state index in [1.165, 1.54) is 23.9 Å². The van der Waals surface area contributed by atoms with Crippen molar-refractivity contribution in [1.82, 2.24) is 0 Å². The Hall–Kier alpha value is -1.86. The Morgan fingerprint density at radius 3 is 2.67 bits per heavy atom. The van der Waals surface area contributed by atoms with Gasteiger partial charge >= 0.3 is 0 Å². The first-order valence-electron chi connectivity index (χ1n) is 5.90. The minimum atomic E-state index is -0.556. The summed E-state index contributed by atoms with van der Waals surface area (Å²) >= 11 is 4.73. The van der Waals surface area contributed by atoms with Gasteiger partial charge in [-0.15, -0.1) is 11.8 Å². The molecule has 0 saturated carbocycles. The molecule has 0 bridgehead atoms. The van der Waals surface area contributed by atoms with Gasteiger partial charge in [-0.25, -0.2) is 0 Å². The Kier molecular flexibility index (Phi) is 4.98. The lowest BCUT2D eigenvalue weighted by Crippen LogP contribution is -2.14. The van der Waals surface area contributed by atoms with Crippen LogP contribution in [0, 0.1) is 10.1 Å². The van der Waals surface area contributed by atoms with E-state index in [9.17, 15) is 14.9 Å². The van der Waals surface area contributed by atoms with Gasteiger partial charge in [0.25, 0.3) is 11.6 Å². The van der Waals surface area contributed by atoms with Gasteiger partial charge in [0.2, 0.25) is 0 Å². The SMILES string of the molecule is CSc1ccc([N+](=O)[O-])c(C(=O)Nc2cccc(Br)c2)c1. The van der Waals surface area contributed by atoms with Crippen LogP contribution < -0.4 is 5.32 Å². The molecule has 2 aromatic rings. The molecule has 0 aliphatic rings. The van der Waals surface area contributed by atoms with Gasteiger partial charge in [-0.3, -0.25) is 14.9 Å². The standard InChI is InChI=1S/C14H11BrN2O3S/c1-21-11-5-6-13(17(19)20)12(8-11)14(18)16-10-4-2-3-9(15)7-10/h2-8H,1H3,(H,16,18). The van der Waals surface area contributed by atoms with E-state index in [-0.39, 0.29) is 11.3 Å². The average molecular weight is 367 g/mol. The maximum Gasteiger partial charge on any atom is 0.282 e. The molecule has 21 heavy (non-hydrogen) atoms. The first-order chi connectivity index (χ1) is 10.0. The summed E-state index contributed by atoms with van der Waals surface area (Å²) in [6.45, 7) is 0. The van der Waals surface area contributed by atoms with Crippen LogP contribution >= 0.6 is 27.7 Å². The number of nitro benzene ring substituents is 1. The summed E-state index contributed by atoms with van der Waals surface area (Å²) in [5.41, 5.74) is 0.408. The lowest BCUT2D eigenvalue weighted by atomic mass is 10.1. The number of hydrogen-bond donors (Lipinski definition) is 1. The number of thioether (sulfide) groups is 1. The number of rotatable bonds is 4. The number of nitro groups is 1. The molecule has 1 amide bonds. The number of carbonyl (C=O) groups excluding carboxylic acids is 1. The van der Waals surface area contributed by atoms with E-state index in [1.807, 2.05) is 12.3 Å². The van der Waals surface area contributed by atoms with Crippen molar-refractivity contribution in [3.05, 3.63) is 62.6 Å². The Morgan fingerprint density at radius 1 is 1.29 bits per heavy atom. The Bertz CT molecular complexity index is 706. The van der Waals surface area contributed by atoms with Crippen molar-refractivity contribution in [1.29, 1.82) is 0 Å². The van der Waals surface area contributed by atoms with Gasteiger partial charge in [0.05, 0.1) is 4.92 Å². The molecule has 0 aliphatic heterocycles. The molecule has 2 rings (SSSR count). The molecule has 0 saturated heterocycles. The van der Waals surface area contributed by atoms with Crippen molar-refractivity contribution in [2.24, 2.45) is 0 Å². The highest BCUT2D eigenvalue weighted by molar-refractivity contribution is 9.10. The van der Waals surface area contributed by atoms with E-state index in [1.54, 1.807) is 24.3 Å². The third-order valence-corrected chi connectivity index (χ3v) is 3.95. The third kappa shape index (κ3) is 3.83. The van der Waals surface area contributed by atoms with Gasteiger partial charge < -0.3 is 5.32 Å². The normalized spacial score (nSPS) is 10.2. The Morgan fingerprint density at radius 2 is 2.05 bits per heavy atom. The van der Waals surface area contributed by atoms with E-state index in [0.29, 0.717) is 5.69 Å². The van der Waals surface area contributed by atoms with Crippen LogP contribution in [0.15, 0.2) is 51.8 Å². The van der Waals surface area contributed by atoms with Gasteiger partial charge in [-0.05, 0) is 36.6 Å². The van der Waals surface area contributed by atoms with Crippen LogP contribution in [0.2, 0.25) is 0 Å². The molecule has 0 heterocycles. The van der Waals surface area contributed by atoms with Gasteiger partial charge in [-0.1, -0.05) is 22.0 Å². The number of anilines is 1. The third-order valence-electron chi connectivity index (χ3n) is 2.73. The van der Waals surface area contributed by atoms with E-state index in [2.05, 4.69) is 21.2 Å². The highest BCUT2D eigenvalue weighted by Gasteiger charge is 2.20. The fourth-order valence-corrected chi connectivity index (χ4v) is 2.59. The predicted molar refractivity (Wildman–Crippen MR) is 87.0 cm³/mol. The lowest BCUT2D eigenvalue weighted by Gasteiger charge is -2.07. The van der Waals surface area contributed by atoms with Crippen LogP contribution in [0.3, 0.4) is 0 Å². The molecule has 0 aromatic heterocycles. The van der Waals surface area contributed by atoms with Crippen LogP contribution in [0.4, 0.5) is 11.4 Å². The highest BCUT2D eigenvalue weighted by atomic mass is 79.9. The Balaban J connectivity index is 2.35. The molecular formula is C14H11BrN2O3S. The summed E-state index contributed by atoms with van der Waals surface area (Å²) < 4.78 is 0.813. The number of hydrogen-bond acceptors (Lipinski definition) is 4. The van der Waals surface area contributed by atoms with Gasteiger partial charge in [0.15, 0.2) is 0 Å². The van der Waals surface area contributed by atoms with E-state index < -0.39 is 10.8 Å². The molecule has 0 spiro atoms. The maximum atomic E-state index is 12.3. The summed E-state index contributed by atoms with van der Waals surface area (Å²) in [6, 6.07) is 11.5. The lowest BCUT2D eigenvalue weighted by molar-refractivity contribution is -0.385. The number of benzene rings is 2. The zero-order valence-corrected chi connectivity index (χ0v) is 13.4. The number of nitrogens with one attached hydrogen (secondary N) is 1. The summed E-state index contributed by atoms with van der Waals surface area (Å²) in [5.74, 6) is -0.504. The molecular weight excluding hydrogens is 356 g/mol. The van der Waals surface area contributed by atoms with Gasteiger partial charge in [0, 0.05) is 21.1 Å². The fourth-order valence-electron chi connectivity index (χ4n) is 1.75. The van der Waals surface area contributed by atoms with Crippen molar-refractivity contribution >= 4 is 45.0 Å². The van der Waals surface area contributed by atoms with Crippen LogP contribution in [0.5, 0.6) is 0 Å². The zero-order valence-electron chi connectivity index (χ0n) is 11.0. The van der Waals surface area contributed by atoms with Crippen LogP contribution in [0.25, 0.3) is 0 Å². The van der Waals surface area contributed by atoms with Crippen LogP contribution in [0.1, 0.15) is 10.4 Å². The number of nitrogens with zero attached hydrogens (tertiary/aromatic N) is 1. The van der Waals surface area contributed by atoms with E-state index >= 15 is 0 Å². The first-order valence-corrected chi connectivity index (χ1v) is 7.92. The highest BCUT2D eigenvalue weighted by Crippen LogP contribution is 2.26. The Labute approximate surface area is 134 Å². The van der Waals surface area contributed by atoms with Gasteiger partial charge in [0.1, 0.15) is 5.56 Å². The number of carbonyl (C=O) groups is 1. The summed E-state index contributed by atoms with van der Waals surface area (Å²) in [4.78, 5) is 23.6. The van der Waals surface area contributed by atoms with Gasteiger partial charge in [-0.2, -0.15) is 0 Å². The second kappa shape index (κ2) is 6.73.